The van der Waals surface area contributed by atoms with Crippen LogP contribution in [-0.2, 0) is 14.3 Å². The zero-order valence-corrected chi connectivity index (χ0v) is 16.5. The number of hydrogen-bond acceptors (Lipinski definition) is 5. The monoisotopic (exact) mass is 392 g/mol. The molecule has 0 N–H and O–H groups in total. The van der Waals surface area contributed by atoms with E-state index in [9.17, 15) is 4.79 Å². The Morgan fingerprint density at radius 1 is 0.966 bits per heavy atom. The molecule has 0 spiro atoms. The summed E-state index contributed by atoms with van der Waals surface area (Å²) in [6.07, 6.45) is 4.87. The van der Waals surface area contributed by atoms with Crippen LogP contribution >= 0.6 is 0 Å². The number of hydrogen-bond donors (Lipinski definition) is 0. The standard InChI is InChI=1S/C24H24O5/c1-16-3-7-18(8-4-16)26-15-23-22(27-19-9-5-17(2)6-10-19)14-21(28-23)13-20-11-12-24(25)29-20/h3-13,21-23H,14-15H2,1-2H3/b20-13-/t21-,22+,23-/m1/s1. The Bertz CT molecular complexity index is 911. The van der Waals surface area contributed by atoms with Crippen LogP contribution in [-0.4, -0.2) is 30.9 Å². The molecule has 2 aromatic carbocycles. The fourth-order valence-electron chi connectivity index (χ4n) is 3.34. The lowest BCUT2D eigenvalue weighted by atomic mass is 10.1. The summed E-state index contributed by atoms with van der Waals surface area (Å²) >= 11 is 0. The molecule has 4 rings (SSSR count). The van der Waals surface area contributed by atoms with Crippen molar-refractivity contribution in [3.8, 4) is 11.5 Å². The van der Waals surface area contributed by atoms with Crippen molar-refractivity contribution in [3.63, 3.8) is 0 Å². The van der Waals surface area contributed by atoms with Gasteiger partial charge in [0.1, 0.15) is 36.1 Å². The van der Waals surface area contributed by atoms with Gasteiger partial charge in [0.15, 0.2) is 0 Å². The maximum absolute atomic E-state index is 11.3. The molecule has 0 aliphatic carbocycles. The van der Waals surface area contributed by atoms with E-state index < -0.39 is 0 Å². The van der Waals surface area contributed by atoms with Gasteiger partial charge in [-0.2, -0.15) is 0 Å². The third-order valence-corrected chi connectivity index (χ3v) is 4.92. The Balaban J connectivity index is 1.45. The van der Waals surface area contributed by atoms with Gasteiger partial charge >= 0.3 is 5.97 Å². The van der Waals surface area contributed by atoms with Crippen LogP contribution in [0.15, 0.2) is 72.5 Å². The normalized spacial score (nSPS) is 24.7. The van der Waals surface area contributed by atoms with Crippen molar-refractivity contribution < 1.29 is 23.7 Å². The summed E-state index contributed by atoms with van der Waals surface area (Å²) in [5.74, 6) is 1.74. The Morgan fingerprint density at radius 3 is 2.24 bits per heavy atom. The maximum Gasteiger partial charge on any atom is 0.336 e. The fraction of sp³-hybridized carbons (Fsp3) is 0.292. The Morgan fingerprint density at radius 2 is 1.62 bits per heavy atom. The maximum atomic E-state index is 11.3. The molecule has 2 aliphatic rings. The van der Waals surface area contributed by atoms with Crippen molar-refractivity contribution >= 4 is 5.97 Å². The molecule has 0 unspecified atom stereocenters. The molecule has 2 heterocycles. The molecule has 0 bridgehead atoms. The molecule has 0 radical (unpaired) electrons. The highest BCUT2D eigenvalue weighted by molar-refractivity contribution is 5.86. The van der Waals surface area contributed by atoms with Gasteiger partial charge in [-0.05, 0) is 50.3 Å². The summed E-state index contributed by atoms with van der Waals surface area (Å²) in [5, 5.41) is 0. The largest absolute Gasteiger partial charge is 0.491 e. The molecule has 2 aliphatic heterocycles. The van der Waals surface area contributed by atoms with Crippen molar-refractivity contribution in [2.75, 3.05) is 6.61 Å². The van der Waals surface area contributed by atoms with Gasteiger partial charge in [-0.25, -0.2) is 4.79 Å². The van der Waals surface area contributed by atoms with Crippen molar-refractivity contribution in [2.45, 2.75) is 38.6 Å². The first-order valence-corrected chi connectivity index (χ1v) is 9.75. The van der Waals surface area contributed by atoms with Crippen LogP contribution in [0.5, 0.6) is 11.5 Å². The van der Waals surface area contributed by atoms with Crippen LogP contribution < -0.4 is 9.47 Å². The van der Waals surface area contributed by atoms with Crippen LogP contribution in [0.2, 0.25) is 0 Å². The number of carbonyl (C=O) groups is 1. The summed E-state index contributed by atoms with van der Waals surface area (Å²) in [6, 6.07) is 15.9. The summed E-state index contributed by atoms with van der Waals surface area (Å²) in [4.78, 5) is 11.3. The fourth-order valence-corrected chi connectivity index (χ4v) is 3.34. The van der Waals surface area contributed by atoms with Gasteiger partial charge in [-0.1, -0.05) is 35.4 Å². The summed E-state index contributed by atoms with van der Waals surface area (Å²) in [7, 11) is 0. The minimum Gasteiger partial charge on any atom is -0.491 e. The average molecular weight is 392 g/mol. The number of cyclic esters (lactones) is 1. The van der Waals surface area contributed by atoms with Gasteiger partial charge in [-0.15, -0.1) is 0 Å². The highest BCUT2D eigenvalue weighted by Gasteiger charge is 2.37. The van der Waals surface area contributed by atoms with Crippen LogP contribution in [0.25, 0.3) is 0 Å². The lowest BCUT2D eigenvalue weighted by Gasteiger charge is -2.20. The highest BCUT2D eigenvalue weighted by atomic mass is 16.6. The zero-order chi connectivity index (χ0) is 20.2. The number of aryl methyl sites for hydroxylation is 2. The number of esters is 1. The van der Waals surface area contributed by atoms with E-state index in [-0.39, 0.29) is 24.3 Å². The first-order chi connectivity index (χ1) is 14.0. The minimum atomic E-state index is -0.360. The quantitative estimate of drug-likeness (QED) is 0.687. The molecule has 150 valence electrons. The van der Waals surface area contributed by atoms with Crippen LogP contribution in [0.3, 0.4) is 0 Å². The molecule has 1 saturated heterocycles. The molecule has 0 saturated carbocycles. The number of benzene rings is 2. The van der Waals surface area contributed by atoms with E-state index in [4.69, 9.17) is 18.9 Å². The van der Waals surface area contributed by atoms with Crippen molar-refractivity contribution in [2.24, 2.45) is 0 Å². The molecule has 29 heavy (non-hydrogen) atoms. The Kier molecular flexibility index (Phi) is 5.67. The molecular weight excluding hydrogens is 368 g/mol. The Hall–Kier alpha value is -3.05. The minimum absolute atomic E-state index is 0.175. The van der Waals surface area contributed by atoms with Crippen molar-refractivity contribution in [1.29, 1.82) is 0 Å². The van der Waals surface area contributed by atoms with Gasteiger partial charge in [0.2, 0.25) is 0 Å². The van der Waals surface area contributed by atoms with Gasteiger partial charge in [0.05, 0.1) is 6.10 Å². The van der Waals surface area contributed by atoms with Gasteiger partial charge in [0.25, 0.3) is 0 Å². The van der Waals surface area contributed by atoms with Gasteiger partial charge in [0, 0.05) is 12.5 Å². The molecule has 0 aromatic heterocycles. The molecule has 0 amide bonds. The smallest absolute Gasteiger partial charge is 0.336 e. The number of rotatable bonds is 6. The molecular formula is C24H24O5. The summed E-state index contributed by atoms with van der Waals surface area (Å²) < 4.78 is 23.4. The predicted molar refractivity (Wildman–Crippen MR) is 109 cm³/mol. The van der Waals surface area contributed by atoms with E-state index in [2.05, 4.69) is 0 Å². The summed E-state index contributed by atoms with van der Waals surface area (Å²) in [5.41, 5.74) is 2.36. The SMILES string of the molecule is Cc1ccc(OC[C@H]2O[C@H](/C=C3/C=CC(=O)O3)C[C@@H]2Oc2ccc(C)cc2)cc1. The highest BCUT2D eigenvalue weighted by Crippen LogP contribution is 2.29. The van der Waals surface area contributed by atoms with Gasteiger partial charge in [-0.3, -0.25) is 0 Å². The topological polar surface area (TPSA) is 54.0 Å². The predicted octanol–water partition coefficient (Wildman–Crippen LogP) is 4.28. The lowest BCUT2D eigenvalue weighted by Crippen LogP contribution is -2.32. The first kappa shape index (κ1) is 19.3. The second-order valence-electron chi connectivity index (χ2n) is 7.37. The third-order valence-electron chi connectivity index (χ3n) is 4.92. The van der Waals surface area contributed by atoms with E-state index in [1.165, 1.54) is 17.2 Å². The summed E-state index contributed by atoms with van der Waals surface area (Å²) in [6.45, 7) is 4.45. The molecule has 5 nitrogen and oxygen atoms in total. The van der Waals surface area contributed by atoms with E-state index in [0.717, 1.165) is 11.5 Å². The average Bonchev–Trinajstić information content (AvgIpc) is 3.29. The number of ether oxygens (including phenoxy) is 4. The van der Waals surface area contributed by atoms with Crippen molar-refractivity contribution in [3.05, 3.63) is 83.6 Å². The Labute approximate surface area is 170 Å². The molecule has 2 aromatic rings. The molecule has 3 atom stereocenters. The van der Waals surface area contributed by atoms with Crippen LogP contribution in [0, 0.1) is 13.8 Å². The zero-order valence-electron chi connectivity index (χ0n) is 16.5. The second kappa shape index (κ2) is 8.53. The van der Waals surface area contributed by atoms with E-state index in [0.29, 0.717) is 18.8 Å². The lowest BCUT2D eigenvalue weighted by molar-refractivity contribution is -0.132. The molecule has 1 fully saturated rings. The third kappa shape index (κ3) is 5.06. The first-order valence-electron chi connectivity index (χ1n) is 9.75. The van der Waals surface area contributed by atoms with Crippen LogP contribution in [0.1, 0.15) is 17.5 Å². The van der Waals surface area contributed by atoms with E-state index in [1.54, 1.807) is 6.08 Å². The molecule has 5 heteroatoms. The number of allylic oxidation sites excluding steroid dienone is 1. The van der Waals surface area contributed by atoms with E-state index >= 15 is 0 Å². The van der Waals surface area contributed by atoms with Crippen LogP contribution in [0.4, 0.5) is 0 Å². The number of carbonyl (C=O) groups excluding carboxylic acids is 1. The second-order valence-corrected chi connectivity index (χ2v) is 7.37. The van der Waals surface area contributed by atoms with Crippen molar-refractivity contribution in [1.82, 2.24) is 0 Å². The van der Waals surface area contributed by atoms with Gasteiger partial charge < -0.3 is 18.9 Å². The van der Waals surface area contributed by atoms with E-state index in [1.807, 2.05) is 68.5 Å².